The number of carbonyl (C=O) groups is 3. The van der Waals surface area contributed by atoms with Gasteiger partial charge in [-0.25, -0.2) is 14.2 Å². The predicted molar refractivity (Wildman–Crippen MR) is 107 cm³/mol. The average Bonchev–Trinajstić information content (AvgIpc) is 3.39. The number of nitrogens with zero attached hydrogens (tertiary/aromatic N) is 2. The molecule has 152 valence electrons. The molecule has 2 fully saturated rings. The van der Waals surface area contributed by atoms with Crippen molar-refractivity contribution in [1.29, 1.82) is 0 Å². The first-order chi connectivity index (χ1) is 13.9. The number of anilines is 1. The van der Waals surface area contributed by atoms with E-state index >= 15 is 0 Å². The number of amides is 4. The van der Waals surface area contributed by atoms with Crippen LogP contribution in [0.5, 0.6) is 0 Å². The minimum absolute atomic E-state index is 0.000189. The summed E-state index contributed by atoms with van der Waals surface area (Å²) in [6.07, 6.45) is 3.15. The first-order valence-corrected chi connectivity index (χ1v) is 10.4. The van der Waals surface area contributed by atoms with Gasteiger partial charge >= 0.3 is 6.03 Å². The van der Waals surface area contributed by atoms with E-state index in [-0.39, 0.29) is 30.6 Å². The Hall–Kier alpha value is -2.81. The van der Waals surface area contributed by atoms with E-state index in [1.54, 1.807) is 24.4 Å². The summed E-state index contributed by atoms with van der Waals surface area (Å²) in [5, 5.41) is 7.69. The highest BCUT2D eigenvalue weighted by molar-refractivity contribution is 7.14. The molecule has 1 aliphatic heterocycles. The van der Waals surface area contributed by atoms with Gasteiger partial charge in [0.2, 0.25) is 5.91 Å². The highest BCUT2D eigenvalue weighted by Gasteiger charge is 2.52. The van der Waals surface area contributed by atoms with Crippen LogP contribution in [0.15, 0.2) is 23.6 Å². The maximum Gasteiger partial charge on any atom is 0.325 e. The number of benzene rings is 1. The van der Waals surface area contributed by atoms with Crippen LogP contribution < -0.4 is 10.6 Å². The van der Waals surface area contributed by atoms with Crippen molar-refractivity contribution in [2.45, 2.75) is 44.6 Å². The number of carbonyl (C=O) groups excluding carboxylic acids is 3. The van der Waals surface area contributed by atoms with Crippen LogP contribution in [-0.2, 0) is 9.59 Å². The molecule has 0 bridgehead atoms. The van der Waals surface area contributed by atoms with E-state index in [9.17, 15) is 18.8 Å². The monoisotopic (exact) mass is 416 g/mol. The Morgan fingerprint density at radius 1 is 1.34 bits per heavy atom. The summed E-state index contributed by atoms with van der Waals surface area (Å²) in [4.78, 5) is 42.5. The Balaban J connectivity index is 1.35. The molecule has 0 unspecified atom stereocenters. The summed E-state index contributed by atoms with van der Waals surface area (Å²) in [6.45, 7) is 1.72. The van der Waals surface area contributed by atoms with E-state index in [2.05, 4.69) is 15.6 Å². The number of halogens is 1. The van der Waals surface area contributed by atoms with Crippen molar-refractivity contribution in [2.75, 3.05) is 11.9 Å². The van der Waals surface area contributed by atoms with E-state index in [1.807, 2.05) is 0 Å². The number of hydrogen-bond acceptors (Lipinski definition) is 5. The molecule has 9 heteroatoms. The molecule has 1 saturated heterocycles. The van der Waals surface area contributed by atoms with Crippen LogP contribution in [0.4, 0.5) is 14.3 Å². The summed E-state index contributed by atoms with van der Waals surface area (Å²) < 4.78 is 13.4. The fourth-order valence-corrected chi connectivity index (χ4v) is 4.60. The minimum atomic E-state index is -0.759. The number of hydrogen-bond donors (Lipinski definition) is 2. The second-order valence-corrected chi connectivity index (χ2v) is 8.33. The van der Waals surface area contributed by atoms with E-state index < -0.39 is 11.6 Å². The third-order valence-corrected chi connectivity index (χ3v) is 6.23. The second-order valence-electron chi connectivity index (χ2n) is 7.48. The van der Waals surface area contributed by atoms with E-state index in [4.69, 9.17) is 0 Å². The molecule has 29 heavy (non-hydrogen) atoms. The number of thiazole rings is 1. The lowest BCUT2D eigenvalue weighted by atomic mass is 9.98. The molecule has 4 amide bonds. The zero-order valence-corrected chi connectivity index (χ0v) is 16.8. The van der Waals surface area contributed by atoms with E-state index in [0.717, 1.165) is 23.3 Å². The lowest BCUT2D eigenvalue weighted by molar-refractivity contribution is -0.131. The largest absolute Gasteiger partial charge is 0.325 e. The Morgan fingerprint density at radius 2 is 2.10 bits per heavy atom. The van der Waals surface area contributed by atoms with Gasteiger partial charge in [0.25, 0.3) is 5.91 Å². The Labute approximate surface area is 171 Å². The van der Waals surface area contributed by atoms with E-state index in [0.29, 0.717) is 29.2 Å². The van der Waals surface area contributed by atoms with Gasteiger partial charge < -0.3 is 10.6 Å². The molecule has 7 nitrogen and oxygen atoms in total. The van der Waals surface area contributed by atoms with Crippen molar-refractivity contribution in [3.05, 3.63) is 35.0 Å². The van der Waals surface area contributed by atoms with Gasteiger partial charge in [-0.15, -0.1) is 11.3 Å². The van der Waals surface area contributed by atoms with Crippen molar-refractivity contribution in [3.8, 4) is 11.3 Å². The fourth-order valence-electron chi connectivity index (χ4n) is 3.86. The molecule has 2 heterocycles. The third-order valence-electron chi connectivity index (χ3n) is 5.47. The van der Waals surface area contributed by atoms with Crippen LogP contribution in [0.3, 0.4) is 0 Å². The van der Waals surface area contributed by atoms with Gasteiger partial charge in [0, 0.05) is 23.9 Å². The maximum absolute atomic E-state index is 13.4. The number of nitrogens with one attached hydrogen (secondary N) is 2. The quantitative estimate of drug-likeness (QED) is 0.731. The first kappa shape index (κ1) is 19.5. The first-order valence-electron chi connectivity index (χ1n) is 9.54. The Kier molecular flexibility index (Phi) is 5.08. The van der Waals surface area contributed by atoms with Gasteiger partial charge in [-0.2, -0.15) is 0 Å². The highest BCUT2D eigenvalue weighted by atomic mass is 32.1. The number of aryl methyl sites for hydroxylation is 1. The van der Waals surface area contributed by atoms with Crippen LogP contribution in [0.2, 0.25) is 0 Å². The average molecular weight is 416 g/mol. The highest BCUT2D eigenvalue weighted by Crippen LogP contribution is 2.35. The molecular weight excluding hydrogens is 395 g/mol. The molecule has 1 aromatic heterocycles. The lowest BCUT2D eigenvalue weighted by Gasteiger charge is -2.19. The number of urea groups is 1. The van der Waals surface area contributed by atoms with Gasteiger partial charge in [0.15, 0.2) is 5.13 Å². The van der Waals surface area contributed by atoms with Crippen molar-refractivity contribution in [3.63, 3.8) is 0 Å². The zero-order valence-electron chi connectivity index (χ0n) is 16.0. The topological polar surface area (TPSA) is 91.4 Å². The summed E-state index contributed by atoms with van der Waals surface area (Å²) in [5.41, 5.74) is 1.17. The molecule has 0 atom stereocenters. The second kappa shape index (κ2) is 7.55. The molecule has 1 aliphatic carbocycles. The summed E-state index contributed by atoms with van der Waals surface area (Å²) in [5.74, 6) is -0.831. The van der Waals surface area contributed by atoms with Gasteiger partial charge in [-0.3, -0.25) is 14.5 Å². The molecule has 1 saturated carbocycles. The standard InChI is InChI=1S/C20H21FN4O3S/c1-12-10-13(4-5-14(12)21)15-11-29-18(22-15)23-16(26)6-9-25-17(27)20(24-19(25)28)7-2-3-8-20/h4-5,10-11H,2-3,6-9H2,1H3,(H,24,28)(H,22,23,26). The summed E-state index contributed by atoms with van der Waals surface area (Å²) >= 11 is 1.26. The fraction of sp³-hybridized carbons (Fsp3) is 0.400. The van der Waals surface area contributed by atoms with Crippen LogP contribution in [-0.4, -0.2) is 39.8 Å². The zero-order chi connectivity index (χ0) is 20.6. The molecule has 2 aliphatic rings. The molecule has 4 rings (SSSR count). The summed E-state index contributed by atoms with van der Waals surface area (Å²) in [6, 6.07) is 4.30. The van der Waals surface area contributed by atoms with Gasteiger partial charge in [-0.1, -0.05) is 12.8 Å². The van der Waals surface area contributed by atoms with Crippen molar-refractivity contribution >= 4 is 34.3 Å². The number of imide groups is 1. The molecular formula is C20H21FN4O3S. The molecule has 1 spiro atoms. The Bertz CT molecular complexity index is 984. The van der Waals surface area contributed by atoms with Crippen LogP contribution in [0, 0.1) is 12.7 Å². The van der Waals surface area contributed by atoms with Crippen molar-refractivity contribution < 1.29 is 18.8 Å². The smallest absolute Gasteiger partial charge is 0.323 e. The third kappa shape index (κ3) is 3.74. The molecule has 2 N–H and O–H groups in total. The molecule has 1 aromatic carbocycles. The van der Waals surface area contributed by atoms with Gasteiger partial charge in [-0.05, 0) is 43.5 Å². The van der Waals surface area contributed by atoms with Gasteiger partial charge in [0.05, 0.1) is 5.69 Å². The molecule has 0 radical (unpaired) electrons. The van der Waals surface area contributed by atoms with Crippen LogP contribution in [0.1, 0.15) is 37.7 Å². The van der Waals surface area contributed by atoms with Crippen LogP contribution in [0.25, 0.3) is 11.3 Å². The van der Waals surface area contributed by atoms with Crippen LogP contribution >= 0.6 is 11.3 Å². The molecule has 2 aromatic rings. The van der Waals surface area contributed by atoms with Gasteiger partial charge in [0.1, 0.15) is 11.4 Å². The van der Waals surface area contributed by atoms with Crippen molar-refractivity contribution in [2.24, 2.45) is 0 Å². The maximum atomic E-state index is 13.4. The predicted octanol–water partition coefficient (Wildman–Crippen LogP) is 3.45. The number of rotatable bonds is 5. The number of aromatic nitrogens is 1. The SMILES string of the molecule is Cc1cc(-c2csc(NC(=O)CCN3C(=O)NC4(CCCC4)C3=O)n2)ccc1F. The normalized spacial score (nSPS) is 17.8. The minimum Gasteiger partial charge on any atom is -0.323 e. The Morgan fingerprint density at radius 3 is 2.83 bits per heavy atom. The van der Waals surface area contributed by atoms with Crippen molar-refractivity contribution in [1.82, 2.24) is 15.2 Å². The van der Waals surface area contributed by atoms with E-state index in [1.165, 1.54) is 17.4 Å². The summed E-state index contributed by atoms with van der Waals surface area (Å²) in [7, 11) is 0. The lowest BCUT2D eigenvalue weighted by Crippen LogP contribution is -2.44.